The highest BCUT2D eigenvalue weighted by Crippen LogP contribution is 2.29. The molecule has 5 nitrogen and oxygen atoms in total. The number of aryl methyl sites for hydroxylation is 2. The van der Waals surface area contributed by atoms with E-state index in [1.54, 1.807) is 0 Å². The first-order chi connectivity index (χ1) is 9.08. The summed E-state index contributed by atoms with van der Waals surface area (Å²) in [5.41, 5.74) is 0.915. The highest BCUT2D eigenvalue weighted by molar-refractivity contribution is 5.70. The van der Waals surface area contributed by atoms with Gasteiger partial charge in [-0.25, -0.2) is 4.98 Å². The molecule has 0 aliphatic heterocycles. The number of carboxylic acid groups (broad SMARTS) is 1. The monoisotopic (exact) mass is 266 g/mol. The first kappa shape index (κ1) is 14.1. The number of oxazole rings is 1. The molecule has 0 radical (unpaired) electrons. The molecule has 5 heteroatoms. The predicted octanol–water partition coefficient (Wildman–Crippen LogP) is 2.27. The van der Waals surface area contributed by atoms with Gasteiger partial charge in [-0.05, 0) is 39.2 Å². The minimum absolute atomic E-state index is 0.200. The number of nitrogens with zero attached hydrogens (tertiary/aromatic N) is 1. The van der Waals surface area contributed by atoms with Crippen molar-refractivity contribution in [1.82, 2.24) is 10.3 Å². The normalized spacial score (nSPS) is 23.5. The fraction of sp³-hybridized carbons (Fsp3) is 0.714. The van der Waals surface area contributed by atoms with E-state index in [9.17, 15) is 9.90 Å². The Balaban J connectivity index is 1.82. The summed E-state index contributed by atoms with van der Waals surface area (Å²) in [6, 6.07) is 0. The van der Waals surface area contributed by atoms with E-state index in [-0.39, 0.29) is 11.8 Å². The number of hydrogen-bond donors (Lipinski definition) is 2. The van der Waals surface area contributed by atoms with Crippen molar-refractivity contribution in [3.63, 3.8) is 0 Å². The van der Waals surface area contributed by atoms with Crippen LogP contribution in [-0.2, 0) is 11.3 Å². The summed E-state index contributed by atoms with van der Waals surface area (Å²) < 4.78 is 5.49. The number of carbonyl (C=O) groups is 1. The molecule has 106 valence electrons. The molecular weight excluding hydrogens is 244 g/mol. The van der Waals surface area contributed by atoms with Gasteiger partial charge in [0.05, 0.1) is 18.2 Å². The molecule has 0 amide bonds. The van der Waals surface area contributed by atoms with Gasteiger partial charge < -0.3 is 14.8 Å². The van der Waals surface area contributed by atoms with Crippen LogP contribution in [0.15, 0.2) is 4.42 Å². The van der Waals surface area contributed by atoms with E-state index >= 15 is 0 Å². The standard InChI is InChI=1S/C14H22N2O3/c1-9-10(2)19-13(16-9)8-15-7-11-5-3-4-6-12(11)14(17)18/h11-12,15H,3-8H2,1-2H3,(H,17,18). The van der Waals surface area contributed by atoms with Gasteiger partial charge in [0.2, 0.25) is 5.89 Å². The molecule has 1 saturated carbocycles. The fourth-order valence-electron chi connectivity index (χ4n) is 2.76. The van der Waals surface area contributed by atoms with Crippen molar-refractivity contribution in [2.24, 2.45) is 11.8 Å². The van der Waals surface area contributed by atoms with Crippen LogP contribution in [0.2, 0.25) is 0 Å². The fourth-order valence-corrected chi connectivity index (χ4v) is 2.76. The third-order valence-electron chi connectivity index (χ3n) is 3.98. The molecule has 2 atom stereocenters. The number of hydrogen-bond acceptors (Lipinski definition) is 4. The second-order valence-electron chi connectivity index (χ2n) is 5.37. The highest BCUT2D eigenvalue weighted by atomic mass is 16.4. The van der Waals surface area contributed by atoms with Crippen LogP contribution >= 0.6 is 0 Å². The molecule has 1 heterocycles. The number of aromatic nitrogens is 1. The zero-order valence-corrected chi connectivity index (χ0v) is 11.6. The van der Waals surface area contributed by atoms with E-state index in [4.69, 9.17) is 4.42 Å². The first-order valence-corrected chi connectivity index (χ1v) is 6.94. The number of aliphatic carboxylic acids is 1. The Hall–Kier alpha value is -1.36. The van der Waals surface area contributed by atoms with Crippen molar-refractivity contribution >= 4 is 5.97 Å². The molecule has 1 aromatic heterocycles. The molecule has 2 N–H and O–H groups in total. The van der Waals surface area contributed by atoms with Crippen LogP contribution in [-0.4, -0.2) is 22.6 Å². The first-order valence-electron chi connectivity index (χ1n) is 6.94. The lowest BCUT2D eigenvalue weighted by Gasteiger charge is -2.28. The average Bonchev–Trinajstić information content (AvgIpc) is 2.69. The van der Waals surface area contributed by atoms with E-state index < -0.39 is 5.97 Å². The van der Waals surface area contributed by atoms with Crippen molar-refractivity contribution in [3.05, 3.63) is 17.3 Å². The van der Waals surface area contributed by atoms with Gasteiger partial charge >= 0.3 is 5.97 Å². The van der Waals surface area contributed by atoms with E-state index in [1.165, 1.54) is 0 Å². The molecule has 0 aromatic carbocycles. The number of carboxylic acids is 1. The van der Waals surface area contributed by atoms with Gasteiger partial charge in [0, 0.05) is 0 Å². The van der Waals surface area contributed by atoms with Crippen molar-refractivity contribution in [2.45, 2.75) is 46.1 Å². The average molecular weight is 266 g/mol. The van der Waals surface area contributed by atoms with Gasteiger partial charge in [0.15, 0.2) is 0 Å². The molecule has 2 rings (SSSR count). The minimum Gasteiger partial charge on any atom is -0.481 e. The Labute approximate surface area is 113 Å². The van der Waals surface area contributed by atoms with E-state index in [2.05, 4.69) is 10.3 Å². The number of nitrogens with one attached hydrogen (secondary N) is 1. The van der Waals surface area contributed by atoms with Gasteiger partial charge in [-0.3, -0.25) is 4.79 Å². The summed E-state index contributed by atoms with van der Waals surface area (Å²) in [5, 5.41) is 12.5. The molecule has 19 heavy (non-hydrogen) atoms. The third-order valence-corrected chi connectivity index (χ3v) is 3.98. The van der Waals surface area contributed by atoms with Gasteiger partial charge in [-0.1, -0.05) is 12.8 Å². The molecule has 0 saturated heterocycles. The maximum absolute atomic E-state index is 11.2. The zero-order valence-electron chi connectivity index (χ0n) is 11.6. The Bertz CT molecular complexity index is 422. The van der Waals surface area contributed by atoms with Crippen LogP contribution in [0, 0.1) is 25.7 Å². The van der Waals surface area contributed by atoms with Crippen LogP contribution in [0.4, 0.5) is 0 Å². The van der Waals surface area contributed by atoms with Crippen molar-refractivity contribution in [2.75, 3.05) is 6.54 Å². The SMILES string of the molecule is Cc1nc(CNCC2CCCCC2C(=O)O)oc1C. The Morgan fingerprint density at radius 3 is 2.79 bits per heavy atom. The minimum atomic E-state index is -0.658. The quantitative estimate of drug-likeness (QED) is 0.855. The molecule has 1 aliphatic rings. The van der Waals surface area contributed by atoms with Gasteiger partial charge in [0.1, 0.15) is 5.76 Å². The van der Waals surface area contributed by atoms with Gasteiger partial charge in [0.25, 0.3) is 0 Å². The second-order valence-corrected chi connectivity index (χ2v) is 5.37. The molecular formula is C14H22N2O3. The van der Waals surface area contributed by atoms with Crippen molar-refractivity contribution in [1.29, 1.82) is 0 Å². The van der Waals surface area contributed by atoms with E-state index in [1.807, 2.05) is 13.8 Å². The lowest BCUT2D eigenvalue weighted by atomic mass is 9.79. The van der Waals surface area contributed by atoms with Crippen LogP contribution in [0.3, 0.4) is 0 Å². The Morgan fingerprint density at radius 2 is 2.16 bits per heavy atom. The van der Waals surface area contributed by atoms with Crippen LogP contribution < -0.4 is 5.32 Å². The van der Waals surface area contributed by atoms with E-state index in [0.717, 1.165) is 43.7 Å². The second kappa shape index (κ2) is 6.19. The zero-order chi connectivity index (χ0) is 13.8. The Morgan fingerprint density at radius 1 is 1.42 bits per heavy atom. The van der Waals surface area contributed by atoms with Gasteiger partial charge in [-0.2, -0.15) is 0 Å². The third kappa shape index (κ3) is 3.56. The molecule has 1 fully saturated rings. The molecule has 2 unspecified atom stereocenters. The summed E-state index contributed by atoms with van der Waals surface area (Å²) in [6.07, 6.45) is 3.96. The van der Waals surface area contributed by atoms with E-state index in [0.29, 0.717) is 12.4 Å². The molecule has 1 aromatic rings. The topological polar surface area (TPSA) is 75.4 Å². The highest BCUT2D eigenvalue weighted by Gasteiger charge is 2.30. The van der Waals surface area contributed by atoms with Crippen molar-refractivity contribution in [3.8, 4) is 0 Å². The van der Waals surface area contributed by atoms with Crippen LogP contribution in [0.25, 0.3) is 0 Å². The molecule has 0 bridgehead atoms. The number of rotatable bonds is 5. The Kier molecular flexibility index (Phi) is 4.58. The lowest BCUT2D eigenvalue weighted by Crippen LogP contribution is -2.34. The molecule has 0 spiro atoms. The summed E-state index contributed by atoms with van der Waals surface area (Å²) >= 11 is 0. The maximum Gasteiger partial charge on any atom is 0.306 e. The van der Waals surface area contributed by atoms with Crippen LogP contribution in [0.1, 0.15) is 43.0 Å². The summed E-state index contributed by atoms with van der Waals surface area (Å²) in [7, 11) is 0. The van der Waals surface area contributed by atoms with Gasteiger partial charge in [-0.15, -0.1) is 0 Å². The lowest BCUT2D eigenvalue weighted by molar-refractivity contribution is -0.144. The smallest absolute Gasteiger partial charge is 0.306 e. The van der Waals surface area contributed by atoms with Crippen molar-refractivity contribution < 1.29 is 14.3 Å². The largest absolute Gasteiger partial charge is 0.481 e. The molecule has 1 aliphatic carbocycles. The summed E-state index contributed by atoms with van der Waals surface area (Å²) in [4.78, 5) is 15.5. The summed E-state index contributed by atoms with van der Waals surface area (Å²) in [6.45, 7) is 5.10. The maximum atomic E-state index is 11.2. The predicted molar refractivity (Wildman–Crippen MR) is 70.8 cm³/mol. The van der Waals surface area contributed by atoms with Crippen LogP contribution in [0.5, 0.6) is 0 Å². The summed E-state index contributed by atoms with van der Waals surface area (Å²) in [5.74, 6) is 0.891.